The number of aryl methyl sites for hydroxylation is 1. The number of benzene rings is 1. The molecule has 1 aromatic carbocycles. The Balaban J connectivity index is 1.83. The third-order valence-corrected chi connectivity index (χ3v) is 4.12. The van der Waals surface area contributed by atoms with Crippen LogP contribution in [-0.2, 0) is 11.3 Å². The molecule has 112 valence electrons. The second-order valence-electron chi connectivity index (χ2n) is 5.58. The molecule has 21 heavy (non-hydrogen) atoms. The van der Waals surface area contributed by atoms with Crippen LogP contribution in [0.15, 0.2) is 24.3 Å². The van der Waals surface area contributed by atoms with E-state index in [4.69, 9.17) is 4.98 Å². The van der Waals surface area contributed by atoms with Crippen LogP contribution < -0.4 is 10.6 Å². The summed E-state index contributed by atoms with van der Waals surface area (Å²) in [5, 5.41) is 6.32. The van der Waals surface area contributed by atoms with E-state index in [0.29, 0.717) is 0 Å². The average Bonchev–Trinajstić information content (AvgIpc) is 3.14. The number of fused-ring (bicyclic) bond motifs is 1. The van der Waals surface area contributed by atoms with Gasteiger partial charge in [-0.3, -0.25) is 4.79 Å². The molecule has 0 saturated carbocycles. The second kappa shape index (κ2) is 5.85. The van der Waals surface area contributed by atoms with E-state index in [1.807, 2.05) is 25.1 Å². The first-order valence-corrected chi connectivity index (χ1v) is 7.69. The van der Waals surface area contributed by atoms with E-state index in [-0.39, 0.29) is 18.0 Å². The number of rotatable bonds is 4. The van der Waals surface area contributed by atoms with E-state index >= 15 is 0 Å². The van der Waals surface area contributed by atoms with Crippen LogP contribution in [0.3, 0.4) is 0 Å². The molecule has 0 aliphatic carbocycles. The SMILES string of the molecule is CCn1c(C(C)NC(=O)C2CCCN2)nc2ccccc21. The van der Waals surface area contributed by atoms with Gasteiger partial charge >= 0.3 is 0 Å². The lowest BCUT2D eigenvalue weighted by Gasteiger charge is -2.18. The van der Waals surface area contributed by atoms with E-state index in [9.17, 15) is 4.79 Å². The molecule has 2 atom stereocenters. The zero-order valence-electron chi connectivity index (χ0n) is 12.6. The second-order valence-corrected chi connectivity index (χ2v) is 5.58. The highest BCUT2D eigenvalue weighted by Crippen LogP contribution is 2.21. The van der Waals surface area contributed by atoms with Gasteiger partial charge in [-0.15, -0.1) is 0 Å². The number of amides is 1. The largest absolute Gasteiger partial charge is 0.345 e. The standard InChI is InChI=1S/C16H22N4O/c1-3-20-14-9-5-4-7-12(14)19-15(20)11(2)18-16(21)13-8-6-10-17-13/h4-5,7,9,11,13,17H,3,6,8,10H2,1-2H3,(H,18,21). The fourth-order valence-electron chi connectivity index (χ4n) is 3.04. The Morgan fingerprint density at radius 2 is 2.33 bits per heavy atom. The van der Waals surface area contributed by atoms with Gasteiger partial charge in [0, 0.05) is 6.54 Å². The number of hydrogen-bond donors (Lipinski definition) is 2. The average molecular weight is 286 g/mol. The van der Waals surface area contributed by atoms with Gasteiger partial charge in [-0.1, -0.05) is 12.1 Å². The summed E-state index contributed by atoms with van der Waals surface area (Å²) in [6.07, 6.45) is 1.99. The van der Waals surface area contributed by atoms with Crippen molar-refractivity contribution in [3.63, 3.8) is 0 Å². The van der Waals surface area contributed by atoms with Crippen LogP contribution in [0.25, 0.3) is 11.0 Å². The number of carbonyl (C=O) groups is 1. The third kappa shape index (κ3) is 2.65. The Morgan fingerprint density at radius 3 is 3.05 bits per heavy atom. The first-order chi connectivity index (χ1) is 10.2. The molecular formula is C16H22N4O. The highest BCUT2D eigenvalue weighted by molar-refractivity contribution is 5.82. The number of imidazole rings is 1. The quantitative estimate of drug-likeness (QED) is 0.903. The van der Waals surface area contributed by atoms with Crippen LogP contribution >= 0.6 is 0 Å². The van der Waals surface area contributed by atoms with Crippen LogP contribution in [-0.4, -0.2) is 28.0 Å². The van der Waals surface area contributed by atoms with E-state index in [1.54, 1.807) is 0 Å². The van der Waals surface area contributed by atoms with Crippen molar-refractivity contribution in [3.8, 4) is 0 Å². The summed E-state index contributed by atoms with van der Waals surface area (Å²) < 4.78 is 2.17. The summed E-state index contributed by atoms with van der Waals surface area (Å²) in [5.41, 5.74) is 2.10. The van der Waals surface area contributed by atoms with Crippen molar-refractivity contribution in [2.75, 3.05) is 6.54 Å². The highest BCUT2D eigenvalue weighted by Gasteiger charge is 2.25. The van der Waals surface area contributed by atoms with Gasteiger partial charge in [0.1, 0.15) is 5.82 Å². The summed E-state index contributed by atoms with van der Waals surface area (Å²) >= 11 is 0. The summed E-state index contributed by atoms with van der Waals surface area (Å²) in [5.74, 6) is 1.000. The molecule has 0 spiro atoms. The maximum absolute atomic E-state index is 12.2. The number of aromatic nitrogens is 2. The molecule has 1 aromatic heterocycles. The fraction of sp³-hybridized carbons (Fsp3) is 0.500. The van der Waals surface area contributed by atoms with Gasteiger partial charge in [0.25, 0.3) is 0 Å². The smallest absolute Gasteiger partial charge is 0.237 e. The molecule has 2 unspecified atom stereocenters. The first-order valence-electron chi connectivity index (χ1n) is 7.69. The zero-order chi connectivity index (χ0) is 14.8. The molecule has 1 aliphatic heterocycles. The van der Waals surface area contributed by atoms with Crippen molar-refractivity contribution in [2.24, 2.45) is 0 Å². The van der Waals surface area contributed by atoms with Crippen LogP contribution in [0.4, 0.5) is 0 Å². The Morgan fingerprint density at radius 1 is 1.52 bits per heavy atom. The molecule has 2 N–H and O–H groups in total. The van der Waals surface area contributed by atoms with Crippen LogP contribution in [0.1, 0.15) is 38.6 Å². The lowest BCUT2D eigenvalue weighted by Crippen LogP contribution is -2.41. The Kier molecular flexibility index (Phi) is 3.92. The van der Waals surface area contributed by atoms with Crippen molar-refractivity contribution in [2.45, 2.75) is 45.3 Å². The minimum Gasteiger partial charge on any atom is -0.345 e. The van der Waals surface area contributed by atoms with Gasteiger partial charge in [0.2, 0.25) is 5.91 Å². The lowest BCUT2D eigenvalue weighted by atomic mass is 10.2. The molecule has 1 saturated heterocycles. The molecular weight excluding hydrogens is 264 g/mol. The molecule has 2 aromatic rings. The topological polar surface area (TPSA) is 59.0 Å². The summed E-state index contributed by atoms with van der Waals surface area (Å²) in [4.78, 5) is 16.9. The molecule has 0 bridgehead atoms. The maximum atomic E-state index is 12.2. The molecule has 2 heterocycles. The van der Waals surface area contributed by atoms with E-state index in [1.165, 1.54) is 0 Å². The number of para-hydroxylation sites is 2. The zero-order valence-corrected chi connectivity index (χ0v) is 12.6. The minimum absolute atomic E-state index is 0.0492. The monoisotopic (exact) mass is 286 g/mol. The van der Waals surface area contributed by atoms with Gasteiger partial charge in [0.15, 0.2) is 0 Å². The molecule has 3 rings (SSSR count). The Labute approximate surface area is 124 Å². The number of nitrogens with one attached hydrogen (secondary N) is 2. The highest BCUT2D eigenvalue weighted by atomic mass is 16.2. The molecule has 1 aliphatic rings. The van der Waals surface area contributed by atoms with Crippen molar-refractivity contribution < 1.29 is 4.79 Å². The van der Waals surface area contributed by atoms with Gasteiger partial charge in [-0.05, 0) is 45.4 Å². The van der Waals surface area contributed by atoms with Gasteiger partial charge in [-0.2, -0.15) is 0 Å². The van der Waals surface area contributed by atoms with Gasteiger partial charge in [0.05, 0.1) is 23.1 Å². The predicted molar refractivity (Wildman–Crippen MR) is 83.0 cm³/mol. The normalized spacial score (nSPS) is 19.8. The van der Waals surface area contributed by atoms with Crippen molar-refractivity contribution in [1.82, 2.24) is 20.2 Å². The number of hydrogen-bond acceptors (Lipinski definition) is 3. The van der Waals surface area contributed by atoms with Crippen LogP contribution in [0.5, 0.6) is 0 Å². The van der Waals surface area contributed by atoms with E-state index in [2.05, 4.69) is 28.2 Å². The van der Waals surface area contributed by atoms with Crippen molar-refractivity contribution >= 4 is 16.9 Å². The molecule has 1 amide bonds. The number of carbonyl (C=O) groups excluding carboxylic acids is 1. The van der Waals surface area contributed by atoms with E-state index < -0.39 is 0 Å². The molecule has 5 heteroatoms. The first kappa shape index (κ1) is 14.1. The molecule has 5 nitrogen and oxygen atoms in total. The van der Waals surface area contributed by atoms with Crippen molar-refractivity contribution in [1.29, 1.82) is 0 Å². The summed E-state index contributed by atoms with van der Waals surface area (Å²) in [6, 6.07) is 7.95. The molecule has 1 fully saturated rings. The third-order valence-electron chi connectivity index (χ3n) is 4.12. The van der Waals surface area contributed by atoms with Crippen LogP contribution in [0.2, 0.25) is 0 Å². The predicted octanol–water partition coefficient (Wildman–Crippen LogP) is 1.99. The molecule has 0 radical (unpaired) electrons. The van der Waals surface area contributed by atoms with Crippen molar-refractivity contribution in [3.05, 3.63) is 30.1 Å². The summed E-state index contributed by atoms with van der Waals surface area (Å²) in [7, 11) is 0. The van der Waals surface area contributed by atoms with Crippen LogP contribution in [0, 0.1) is 0 Å². The summed E-state index contributed by atoms with van der Waals surface area (Å²) in [6.45, 7) is 5.88. The van der Waals surface area contributed by atoms with Gasteiger partial charge < -0.3 is 15.2 Å². The minimum atomic E-state index is -0.0905. The fourth-order valence-corrected chi connectivity index (χ4v) is 3.04. The van der Waals surface area contributed by atoms with E-state index in [0.717, 1.165) is 42.8 Å². The lowest BCUT2D eigenvalue weighted by molar-refractivity contribution is -0.123. The van der Waals surface area contributed by atoms with Gasteiger partial charge in [-0.25, -0.2) is 4.98 Å². The maximum Gasteiger partial charge on any atom is 0.237 e. The number of nitrogens with zero attached hydrogens (tertiary/aromatic N) is 2. The Hall–Kier alpha value is -1.88. The Bertz CT molecular complexity index is 643.